The number of ketones is 1. The normalized spacial score (nSPS) is 14.2. The number of thioether (sulfide) groups is 1. The quantitative estimate of drug-likeness (QED) is 0.322. The first-order valence-corrected chi connectivity index (χ1v) is 9.76. The zero-order chi connectivity index (χ0) is 19.7. The fourth-order valence-corrected chi connectivity index (χ4v) is 4.12. The Hall–Kier alpha value is -3.11. The summed E-state index contributed by atoms with van der Waals surface area (Å²) in [6.45, 7) is 3.89. The first-order valence-electron chi connectivity index (χ1n) is 8.94. The summed E-state index contributed by atoms with van der Waals surface area (Å²) in [4.78, 5) is 26.8. The summed E-state index contributed by atoms with van der Waals surface area (Å²) in [6.07, 6.45) is 1.80. The number of carbonyl (C=O) groups excluding carboxylic acids is 2. The summed E-state index contributed by atoms with van der Waals surface area (Å²) in [5.41, 5.74) is 3.94. The first-order chi connectivity index (χ1) is 13.5. The maximum atomic E-state index is 12.7. The monoisotopic (exact) mass is 386 g/mol. The van der Waals surface area contributed by atoms with Crippen LogP contribution in [0.3, 0.4) is 0 Å². The lowest BCUT2D eigenvalue weighted by atomic mass is 10.1. The Kier molecular flexibility index (Phi) is 4.88. The van der Waals surface area contributed by atoms with Gasteiger partial charge in [-0.3, -0.25) is 4.79 Å². The number of hydrogen-bond donors (Lipinski definition) is 0. The minimum Gasteiger partial charge on any atom is -0.422 e. The molecule has 0 spiro atoms. The van der Waals surface area contributed by atoms with Crippen LogP contribution >= 0.6 is 11.8 Å². The van der Waals surface area contributed by atoms with E-state index >= 15 is 0 Å². The molecule has 0 aliphatic carbocycles. The van der Waals surface area contributed by atoms with Crippen LogP contribution in [-0.2, 0) is 0 Å². The summed E-state index contributed by atoms with van der Waals surface area (Å²) < 4.78 is 5.66. The molecule has 4 heteroatoms. The van der Waals surface area contributed by atoms with E-state index in [2.05, 4.69) is 0 Å². The molecule has 0 amide bonds. The molecule has 0 aromatic heterocycles. The number of esters is 1. The molecule has 0 fully saturated rings. The highest BCUT2D eigenvalue weighted by atomic mass is 32.2. The SMILES string of the molecule is Cc1cccc(C(=O)Oc2ccc(C)cc2C=C2Sc3ccccc3C2=O)c1. The van der Waals surface area contributed by atoms with Crippen LogP contribution < -0.4 is 4.74 Å². The molecule has 4 rings (SSSR count). The van der Waals surface area contributed by atoms with Crippen LogP contribution in [0.15, 0.2) is 76.5 Å². The van der Waals surface area contributed by atoms with Crippen molar-refractivity contribution in [1.29, 1.82) is 0 Å². The smallest absolute Gasteiger partial charge is 0.343 e. The number of rotatable bonds is 3. The Morgan fingerprint density at radius 2 is 1.71 bits per heavy atom. The van der Waals surface area contributed by atoms with Gasteiger partial charge in [-0.2, -0.15) is 0 Å². The van der Waals surface area contributed by atoms with Gasteiger partial charge in [0.25, 0.3) is 0 Å². The van der Waals surface area contributed by atoms with Gasteiger partial charge in [0, 0.05) is 16.0 Å². The van der Waals surface area contributed by atoms with E-state index in [1.54, 1.807) is 24.3 Å². The van der Waals surface area contributed by atoms with Crippen molar-refractivity contribution in [3.05, 3.63) is 99.5 Å². The predicted molar refractivity (Wildman–Crippen MR) is 112 cm³/mol. The van der Waals surface area contributed by atoms with Gasteiger partial charge in [0.2, 0.25) is 5.78 Å². The zero-order valence-electron chi connectivity index (χ0n) is 15.6. The lowest BCUT2D eigenvalue weighted by molar-refractivity contribution is 0.0734. The fraction of sp³-hybridized carbons (Fsp3) is 0.0833. The van der Waals surface area contributed by atoms with Crippen molar-refractivity contribution in [1.82, 2.24) is 0 Å². The van der Waals surface area contributed by atoms with Crippen LogP contribution in [0, 0.1) is 13.8 Å². The Morgan fingerprint density at radius 3 is 2.50 bits per heavy atom. The van der Waals surface area contributed by atoms with Crippen molar-refractivity contribution in [3.8, 4) is 5.75 Å². The van der Waals surface area contributed by atoms with E-state index in [1.165, 1.54) is 11.8 Å². The van der Waals surface area contributed by atoms with Gasteiger partial charge >= 0.3 is 5.97 Å². The van der Waals surface area contributed by atoms with Crippen LogP contribution in [0.25, 0.3) is 6.08 Å². The lowest BCUT2D eigenvalue weighted by Crippen LogP contribution is -2.09. The number of aryl methyl sites for hydroxylation is 2. The number of benzene rings is 3. The Labute approximate surface area is 168 Å². The minimum atomic E-state index is -0.416. The molecule has 1 aliphatic heterocycles. The van der Waals surface area contributed by atoms with Gasteiger partial charge in [0.05, 0.1) is 10.5 Å². The summed E-state index contributed by atoms with van der Waals surface area (Å²) in [5.74, 6) is 0.0212. The molecule has 138 valence electrons. The van der Waals surface area contributed by atoms with E-state index in [0.29, 0.717) is 27.3 Å². The Balaban J connectivity index is 1.67. The van der Waals surface area contributed by atoms with E-state index in [1.807, 2.05) is 62.4 Å². The second-order valence-corrected chi connectivity index (χ2v) is 7.82. The van der Waals surface area contributed by atoms with Crippen LogP contribution in [-0.4, -0.2) is 11.8 Å². The number of Topliss-reactive ketones (excluding diaryl/α,β-unsaturated/α-hetero) is 1. The zero-order valence-corrected chi connectivity index (χ0v) is 16.4. The van der Waals surface area contributed by atoms with E-state index in [-0.39, 0.29) is 5.78 Å². The Morgan fingerprint density at radius 1 is 0.929 bits per heavy atom. The van der Waals surface area contributed by atoms with Crippen molar-refractivity contribution >= 4 is 29.6 Å². The highest BCUT2D eigenvalue weighted by molar-refractivity contribution is 8.04. The molecule has 3 aromatic rings. The van der Waals surface area contributed by atoms with Crippen LogP contribution in [0.2, 0.25) is 0 Å². The minimum absolute atomic E-state index is 0.00179. The standard InChI is InChI=1S/C24H18O3S/c1-15-6-5-7-17(12-15)24(26)27-20-11-10-16(2)13-18(20)14-22-23(25)19-8-3-4-9-21(19)28-22/h3-14H,1-2H3. The molecule has 0 N–H and O–H groups in total. The molecule has 0 unspecified atom stereocenters. The van der Waals surface area contributed by atoms with Gasteiger partial charge in [0.1, 0.15) is 5.75 Å². The molecule has 3 aromatic carbocycles. The van der Waals surface area contributed by atoms with E-state index in [4.69, 9.17) is 4.74 Å². The van der Waals surface area contributed by atoms with Gasteiger partial charge < -0.3 is 4.74 Å². The molecule has 0 saturated carbocycles. The third kappa shape index (κ3) is 3.64. The van der Waals surface area contributed by atoms with E-state index in [9.17, 15) is 9.59 Å². The third-order valence-electron chi connectivity index (χ3n) is 4.48. The van der Waals surface area contributed by atoms with Gasteiger partial charge in [-0.25, -0.2) is 4.79 Å². The molecule has 0 radical (unpaired) electrons. The molecule has 0 bridgehead atoms. The fourth-order valence-electron chi connectivity index (χ4n) is 3.08. The largest absolute Gasteiger partial charge is 0.422 e. The second kappa shape index (κ2) is 7.49. The topological polar surface area (TPSA) is 43.4 Å². The van der Waals surface area contributed by atoms with Crippen LogP contribution in [0.5, 0.6) is 5.75 Å². The van der Waals surface area contributed by atoms with Crippen LogP contribution in [0.4, 0.5) is 0 Å². The number of carbonyl (C=O) groups is 2. The average molecular weight is 386 g/mol. The van der Waals surface area contributed by atoms with E-state index < -0.39 is 5.97 Å². The highest BCUT2D eigenvalue weighted by Crippen LogP contribution is 2.41. The lowest BCUT2D eigenvalue weighted by Gasteiger charge is -2.09. The summed E-state index contributed by atoms with van der Waals surface area (Å²) in [7, 11) is 0. The molecular weight excluding hydrogens is 368 g/mol. The molecule has 1 heterocycles. The number of ether oxygens (including phenoxy) is 1. The predicted octanol–water partition coefficient (Wildman–Crippen LogP) is 5.85. The number of allylic oxidation sites excluding steroid dienone is 1. The molecule has 3 nitrogen and oxygen atoms in total. The summed E-state index contributed by atoms with van der Waals surface area (Å²) >= 11 is 1.44. The van der Waals surface area contributed by atoms with Crippen molar-refractivity contribution in [2.75, 3.05) is 0 Å². The number of fused-ring (bicyclic) bond motifs is 1. The molecule has 1 aliphatic rings. The Bertz CT molecular complexity index is 1130. The maximum Gasteiger partial charge on any atom is 0.343 e. The number of hydrogen-bond acceptors (Lipinski definition) is 4. The van der Waals surface area contributed by atoms with E-state index in [0.717, 1.165) is 16.0 Å². The average Bonchev–Trinajstić information content (AvgIpc) is 3.00. The van der Waals surface area contributed by atoms with Gasteiger partial charge in [0.15, 0.2) is 0 Å². The third-order valence-corrected chi connectivity index (χ3v) is 5.58. The summed E-state index contributed by atoms with van der Waals surface area (Å²) in [5, 5.41) is 0. The van der Waals surface area contributed by atoms with Crippen molar-refractivity contribution in [3.63, 3.8) is 0 Å². The molecule has 28 heavy (non-hydrogen) atoms. The van der Waals surface area contributed by atoms with Gasteiger partial charge in [-0.05, 0) is 56.3 Å². The van der Waals surface area contributed by atoms with Crippen molar-refractivity contribution < 1.29 is 14.3 Å². The summed E-state index contributed by atoms with van der Waals surface area (Å²) in [6, 6.07) is 20.4. The van der Waals surface area contributed by atoms with Crippen molar-refractivity contribution in [2.45, 2.75) is 18.7 Å². The van der Waals surface area contributed by atoms with Gasteiger partial charge in [-0.15, -0.1) is 0 Å². The highest BCUT2D eigenvalue weighted by Gasteiger charge is 2.25. The molecule has 0 atom stereocenters. The first kappa shape index (κ1) is 18.3. The van der Waals surface area contributed by atoms with Crippen molar-refractivity contribution in [2.24, 2.45) is 0 Å². The molecular formula is C24H18O3S. The maximum absolute atomic E-state index is 12.7. The molecule has 0 saturated heterocycles. The second-order valence-electron chi connectivity index (χ2n) is 6.74. The van der Waals surface area contributed by atoms with Crippen LogP contribution in [0.1, 0.15) is 37.4 Å². The van der Waals surface area contributed by atoms with Gasteiger partial charge in [-0.1, -0.05) is 53.2 Å².